The predicted octanol–water partition coefficient (Wildman–Crippen LogP) is 1.29. The number of tetrazole rings is 1. The summed E-state index contributed by atoms with van der Waals surface area (Å²) in [4.78, 5) is 0. The van der Waals surface area contributed by atoms with Gasteiger partial charge in [0.05, 0.1) is 0 Å². The Labute approximate surface area is 82.4 Å². The van der Waals surface area contributed by atoms with Gasteiger partial charge in [0, 0.05) is 6.42 Å². The van der Waals surface area contributed by atoms with Crippen molar-refractivity contribution in [2.75, 3.05) is 0 Å². The zero-order valence-electron chi connectivity index (χ0n) is 8.07. The highest BCUT2D eigenvalue weighted by Crippen LogP contribution is 2.05. The minimum Gasteiger partial charge on any atom is -0.177 e. The lowest BCUT2D eigenvalue weighted by Crippen LogP contribution is -1.93. The number of hydrogen-bond donors (Lipinski definition) is 1. The first-order chi connectivity index (χ1) is 6.84. The number of hydrogen-bond acceptors (Lipinski definition) is 3. The molecule has 2 aromatic rings. The maximum atomic E-state index is 3.90. The summed E-state index contributed by atoms with van der Waals surface area (Å²) in [5.41, 5.74) is 2.59. The van der Waals surface area contributed by atoms with E-state index in [0.29, 0.717) is 0 Å². The van der Waals surface area contributed by atoms with Crippen molar-refractivity contribution in [2.45, 2.75) is 19.8 Å². The van der Waals surface area contributed by atoms with Crippen molar-refractivity contribution >= 4 is 0 Å². The van der Waals surface area contributed by atoms with E-state index in [1.807, 2.05) is 0 Å². The van der Waals surface area contributed by atoms with E-state index in [0.717, 1.165) is 18.7 Å². The molecule has 4 nitrogen and oxygen atoms in total. The molecule has 0 aliphatic carbocycles. The molecule has 14 heavy (non-hydrogen) atoms. The highest BCUT2D eigenvalue weighted by molar-refractivity contribution is 5.21. The molecule has 0 aliphatic rings. The van der Waals surface area contributed by atoms with Crippen LogP contribution >= 0.6 is 0 Å². The summed E-state index contributed by atoms with van der Waals surface area (Å²) in [6, 6.07) is 8.50. The van der Waals surface area contributed by atoms with Crippen LogP contribution < -0.4 is 0 Å². The van der Waals surface area contributed by atoms with Crippen LogP contribution in [0.2, 0.25) is 0 Å². The van der Waals surface area contributed by atoms with Gasteiger partial charge in [-0.3, -0.25) is 0 Å². The SMILES string of the molecule is Cc1ccc(CCc2nn[nH]n2)cc1. The van der Waals surface area contributed by atoms with Crippen LogP contribution in [0.3, 0.4) is 0 Å². The second kappa shape index (κ2) is 4.00. The monoisotopic (exact) mass is 188 g/mol. The summed E-state index contributed by atoms with van der Waals surface area (Å²) in [5.74, 6) is 0.769. The zero-order chi connectivity index (χ0) is 9.80. The van der Waals surface area contributed by atoms with Gasteiger partial charge in [-0.2, -0.15) is 5.21 Å². The molecule has 0 radical (unpaired) electrons. The predicted molar refractivity (Wildman–Crippen MR) is 52.8 cm³/mol. The summed E-state index contributed by atoms with van der Waals surface area (Å²) >= 11 is 0. The number of aromatic amines is 1. The Hall–Kier alpha value is -1.71. The number of aryl methyl sites for hydroxylation is 3. The Balaban J connectivity index is 1.95. The van der Waals surface area contributed by atoms with Gasteiger partial charge in [0.2, 0.25) is 0 Å². The van der Waals surface area contributed by atoms with Crippen LogP contribution in [0.1, 0.15) is 17.0 Å². The molecule has 0 fully saturated rings. The van der Waals surface area contributed by atoms with Crippen LogP contribution in [-0.2, 0) is 12.8 Å². The maximum absolute atomic E-state index is 3.90. The van der Waals surface area contributed by atoms with Crippen LogP contribution in [-0.4, -0.2) is 20.6 Å². The van der Waals surface area contributed by atoms with Crippen molar-refractivity contribution in [3.05, 3.63) is 41.2 Å². The van der Waals surface area contributed by atoms with Gasteiger partial charge in [0.25, 0.3) is 0 Å². The molecule has 0 spiro atoms. The molecule has 0 bridgehead atoms. The van der Waals surface area contributed by atoms with Crippen LogP contribution in [0.25, 0.3) is 0 Å². The van der Waals surface area contributed by atoms with Crippen LogP contribution in [0.5, 0.6) is 0 Å². The highest BCUT2D eigenvalue weighted by atomic mass is 15.5. The van der Waals surface area contributed by atoms with Gasteiger partial charge in [0.15, 0.2) is 5.82 Å². The first kappa shape index (κ1) is 8.87. The third-order valence-electron chi connectivity index (χ3n) is 2.15. The van der Waals surface area contributed by atoms with E-state index in [1.54, 1.807) is 0 Å². The van der Waals surface area contributed by atoms with E-state index in [-0.39, 0.29) is 0 Å². The zero-order valence-corrected chi connectivity index (χ0v) is 8.07. The van der Waals surface area contributed by atoms with E-state index in [4.69, 9.17) is 0 Å². The molecule has 0 atom stereocenters. The minimum absolute atomic E-state index is 0.769. The molecule has 0 amide bonds. The van der Waals surface area contributed by atoms with Crippen molar-refractivity contribution < 1.29 is 0 Å². The van der Waals surface area contributed by atoms with E-state index in [2.05, 4.69) is 51.8 Å². The molecule has 4 heteroatoms. The summed E-state index contributed by atoms with van der Waals surface area (Å²) in [6.45, 7) is 2.09. The van der Waals surface area contributed by atoms with Crippen molar-refractivity contribution in [3.8, 4) is 0 Å². The summed E-state index contributed by atoms with van der Waals surface area (Å²) < 4.78 is 0. The lowest BCUT2D eigenvalue weighted by atomic mass is 10.1. The lowest BCUT2D eigenvalue weighted by molar-refractivity contribution is 0.864. The smallest absolute Gasteiger partial charge is 0.174 e. The highest BCUT2D eigenvalue weighted by Gasteiger charge is 1.98. The standard InChI is InChI=1S/C10H12N4/c1-8-2-4-9(5-3-8)6-7-10-11-13-14-12-10/h2-5H,6-7H2,1H3,(H,11,12,13,14). The minimum atomic E-state index is 0.769. The Morgan fingerprint density at radius 2 is 1.93 bits per heavy atom. The average Bonchev–Trinajstić information content (AvgIpc) is 2.70. The number of benzene rings is 1. The van der Waals surface area contributed by atoms with E-state index in [9.17, 15) is 0 Å². The van der Waals surface area contributed by atoms with Gasteiger partial charge in [-0.25, -0.2) is 0 Å². The van der Waals surface area contributed by atoms with Crippen molar-refractivity contribution in [1.29, 1.82) is 0 Å². The molecule has 0 saturated heterocycles. The number of aromatic nitrogens is 4. The largest absolute Gasteiger partial charge is 0.177 e. The Bertz CT molecular complexity index is 377. The summed E-state index contributed by atoms with van der Waals surface area (Å²) in [5, 5.41) is 13.8. The molecular weight excluding hydrogens is 176 g/mol. The molecular formula is C10H12N4. The first-order valence-corrected chi connectivity index (χ1v) is 4.62. The third kappa shape index (κ3) is 2.16. The lowest BCUT2D eigenvalue weighted by Gasteiger charge is -1.98. The fourth-order valence-corrected chi connectivity index (χ4v) is 1.30. The summed E-state index contributed by atoms with van der Waals surface area (Å²) in [7, 11) is 0. The summed E-state index contributed by atoms with van der Waals surface area (Å²) in [6.07, 6.45) is 1.79. The number of nitrogens with zero attached hydrogens (tertiary/aromatic N) is 3. The fraction of sp³-hybridized carbons (Fsp3) is 0.300. The van der Waals surface area contributed by atoms with Gasteiger partial charge in [-0.15, -0.1) is 10.2 Å². The average molecular weight is 188 g/mol. The van der Waals surface area contributed by atoms with E-state index >= 15 is 0 Å². The fourth-order valence-electron chi connectivity index (χ4n) is 1.30. The topological polar surface area (TPSA) is 54.5 Å². The van der Waals surface area contributed by atoms with Crippen LogP contribution in [0, 0.1) is 6.92 Å². The van der Waals surface area contributed by atoms with Crippen LogP contribution in [0.4, 0.5) is 0 Å². The molecule has 0 aliphatic heterocycles. The van der Waals surface area contributed by atoms with Gasteiger partial charge in [-0.05, 0) is 18.9 Å². The van der Waals surface area contributed by atoms with Gasteiger partial charge in [0.1, 0.15) is 0 Å². The molecule has 0 saturated carbocycles. The second-order valence-corrected chi connectivity index (χ2v) is 3.31. The third-order valence-corrected chi connectivity index (χ3v) is 2.15. The quantitative estimate of drug-likeness (QED) is 0.789. The van der Waals surface area contributed by atoms with E-state index < -0.39 is 0 Å². The van der Waals surface area contributed by atoms with Gasteiger partial charge in [-0.1, -0.05) is 35.0 Å². The molecule has 0 unspecified atom stereocenters. The van der Waals surface area contributed by atoms with Gasteiger partial charge >= 0.3 is 0 Å². The normalized spacial score (nSPS) is 10.4. The molecule has 1 aromatic carbocycles. The Kier molecular flexibility index (Phi) is 2.53. The molecule has 1 N–H and O–H groups in total. The Morgan fingerprint density at radius 1 is 1.14 bits per heavy atom. The molecule has 1 aromatic heterocycles. The Morgan fingerprint density at radius 3 is 2.57 bits per heavy atom. The molecule has 1 heterocycles. The van der Waals surface area contributed by atoms with Crippen molar-refractivity contribution in [2.24, 2.45) is 0 Å². The number of rotatable bonds is 3. The number of H-pyrrole nitrogens is 1. The van der Waals surface area contributed by atoms with Crippen molar-refractivity contribution in [3.63, 3.8) is 0 Å². The van der Waals surface area contributed by atoms with E-state index in [1.165, 1.54) is 11.1 Å². The van der Waals surface area contributed by atoms with Crippen LogP contribution in [0.15, 0.2) is 24.3 Å². The second-order valence-electron chi connectivity index (χ2n) is 3.31. The number of nitrogens with one attached hydrogen (secondary N) is 1. The molecule has 2 rings (SSSR count). The first-order valence-electron chi connectivity index (χ1n) is 4.62. The van der Waals surface area contributed by atoms with Crippen molar-refractivity contribution in [1.82, 2.24) is 20.6 Å². The van der Waals surface area contributed by atoms with Gasteiger partial charge < -0.3 is 0 Å². The maximum Gasteiger partial charge on any atom is 0.174 e. The molecule has 72 valence electrons.